The highest BCUT2D eigenvalue weighted by molar-refractivity contribution is 6.12. The number of carbonyl (C=O) groups excluding carboxylic acids is 2. The molecule has 2 amide bonds. The highest BCUT2D eigenvalue weighted by atomic mass is 19.1. The third-order valence-corrected chi connectivity index (χ3v) is 7.49. The Labute approximate surface area is 196 Å². The maximum Gasteiger partial charge on any atom is 0.257 e. The Morgan fingerprint density at radius 3 is 2.65 bits per heavy atom. The van der Waals surface area contributed by atoms with Gasteiger partial charge < -0.3 is 19.7 Å². The van der Waals surface area contributed by atoms with Gasteiger partial charge in [0.1, 0.15) is 22.9 Å². The SMILES string of the molecule is COc1ccc2c(c1)OC[C@H]1[C@H]2N2C(=O)c3ccc(F)cc3NC(=O)[C@@]2(C)[C@H]1c1ccccc1. The molecule has 1 N–H and O–H groups in total. The van der Waals surface area contributed by atoms with Crippen molar-refractivity contribution < 1.29 is 23.5 Å². The summed E-state index contributed by atoms with van der Waals surface area (Å²) in [5.74, 6) is -0.384. The number of nitrogens with one attached hydrogen (secondary N) is 1. The molecule has 7 heteroatoms. The van der Waals surface area contributed by atoms with Crippen LogP contribution in [-0.4, -0.2) is 36.0 Å². The molecule has 34 heavy (non-hydrogen) atoms. The van der Waals surface area contributed by atoms with E-state index in [4.69, 9.17) is 9.47 Å². The smallest absolute Gasteiger partial charge is 0.257 e. The Morgan fingerprint density at radius 1 is 1.09 bits per heavy atom. The molecule has 4 atom stereocenters. The Morgan fingerprint density at radius 2 is 1.88 bits per heavy atom. The molecule has 3 aliphatic rings. The van der Waals surface area contributed by atoms with Crippen molar-refractivity contribution in [3.05, 3.63) is 89.2 Å². The summed E-state index contributed by atoms with van der Waals surface area (Å²) in [6, 6.07) is 18.8. The quantitative estimate of drug-likeness (QED) is 0.613. The highest BCUT2D eigenvalue weighted by Gasteiger charge is 2.65. The summed E-state index contributed by atoms with van der Waals surface area (Å²) in [6.07, 6.45) is 0. The van der Waals surface area contributed by atoms with E-state index in [0.717, 1.165) is 11.1 Å². The van der Waals surface area contributed by atoms with Crippen molar-refractivity contribution in [1.29, 1.82) is 0 Å². The van der Waals surface area contributed by atoms with Crippen LogP contribution < -0.4 is 14.8 Å². The lowest BCUT2D eigenvalue weighted by atomic mass is 9.73. The zero-order chi connectivity index (χ0) is 23.6. The number of benzene rings is 3. The van der Waals surface area contributed by atoms with E-state index in [-0.39, 0.29) is 34.9 Å². The molecule has 6 nitrogen and oxygen atoms in total. The summed E-state index contributed by atoms with van der Waals surface area (Å²) >= 11 is 0. The fraction of sp³-hybridized carbons (Fsp3) is 0.259. The second-order valence-electron chi connectivity index (χ2n) is 9.18. The Bertz CT molecular complexity index is 1330. The number of methoxy groups -OCH3 is 1. The second-order valence-corrected chi connectivity index (χ2v) is 9.18. The predicted octanol–water partition coefficient (Wildman–Crippen LogP) is 4.53. The van der Waals surface area contributed by atoms with Crippen LogP contribution in [0.15, 0.2) is 66.7 Å². The van der Waals surface area contributed by atoms with Crippen molar-refractivity contribution in [3.8, 4) is 11.5 Å². The van der Waals surface area contributed by atoms with Crippen LogP contribution in [0.3, 0.4) is 0 Å². The molecule has 1 saturated heterocycles. The minimum atomic E-state index is -1.23. The molecule has 0 saturated carbocycles. The van der Waals surface area contributed by atoms with E-state index in [1.807, 2.05) is 55.5 Å². The first-order valence-electron chi connectivity index (χ1n) is 11.2. The van der Waals surface area contributed by atoms with Gasteiger partial charge in [-0.1, -0.05) is 30.3 Å². The predicted molar refractivity (Wildman–Crippen MR) is 124 cm³/mol. The molecule has 6 rings (SSSR count). The monoisotopic (exact) mass is 458 g/mol. The summed E-state index contributed by atoms with van der Waals surface area (Å²) in [6.45, 7) is 2.15. The maximum atomic E-state index is 14.1. The lowest BCUT2D eigenvalue weighted by molar-refractivity contribution is -0.125. The third-order valence-electron chi connectivity index (χ3n) is 7.49. The minimum Gasteiger partial charge on any atom is -0.497 e. The Balaban J connectivity index is 1.61. The number of halogens is 1. The van der Waals surface area contributed by atoms with Crippen LogP contribution in [0, 0.1) is 11.7 Å². The molecule has 0 radical (unpaired) electrons. The molecule has 3 heterocycles. The van der Waals surface area contributed by atoms with Crippen LogP contribution in [0.1, 0.15) is 40.4 Å². The van der Waals surface area contributed by atoms with Crippen molar-refractivity contribution >= 4 is 17.5 Å². The van der Waals surface area contributed by atoms with Crippen molar-refractivity contribution in [2.75, 3.05) is 19.0 Å². The first-order chi connectivity index (χ1) is 16.4. The number of rotatable bonds is 2. The average Bonchev–Trinajstić information content (AvgIpc) is 3.09. The normalized spacial score (nSPS) is 26.9. The van der Waals surface area contributed by atoms with Gasteiger partial charge in [0.2, 0.25) is 0 Å². The number of amides is 2. The molecular weight excluding hydrogens is 435 g/mol. The first-order valence-corrected chi connectivity index (χ1v) is 11.2. The van der Waals surface area contributed by atoms with E-state index in [1.165, 1.54) is 18.2 Å². The fourth-order valence-electron chi connectivity index (χ4n) is 5.99. The Hall–Kier alpha value is -3.87. The van der Waals surface area contributed by atoms with Crippen molar-refractivity contribution in [1.82, 2.24) is 4.90 Å². The van der Waals surface area contributed by atoms with Crippen LogP contribution in [-0.2, 0) is 4.79 Å². The van der Waals surface area contributed by atoms with E-state index in [2.05, 4.69) is 5.32 Å². The zero-order valence-corrected chi connectivity index (χ0v) is 18.7. The lowest BCUT2D eigenvalue weighted by Crippen LogP contribution is -2.54. The molecule has 172 valence electrons. The Kier molecular flexibility index (Phi) is 4.46. The molecule has 3 aliphatic heterocycles. The molecular formula is C27H23FN2O4. The van der Waals surface area contributed by atoms with Gasteiger partial charge in [0.25, 0.3) is 11.8 Å². The van der Waals surface area contributed by atoms with Crippen molar-refractivity contribution in [3.63, 3.8) is 0 Å². The van der Waals surface area contributed by atoms with Gasteiger partial charge in [-0.3, -0.25) is 9.59 Å². The molecule has 0 aliphatic carbocycles. The summed E-state index contributed by atoms with van der Waals surface area (Å²) in [5, 5.41) is 2.85. The summed E-state index contributed by atoms with van der Waals surface area (Å²) in [5.41, 5.74) is 1.01. The first kappa shape index (κ1) is 20.7. The van der Waals surface area contributed by atoms with Gasteiger partial charge in [-0.15, -0.1) is 0 Å². The number of hydrogen-bond donors (Lipinski definition) is 1. The number of carbonyl (C=O) groups is 2. The zero-order valence-electron chi connectivity index (χ0n) is 18.7. The third kappa shape index (κ3) is 2.73. The van der Waals surface area contributed by atoms with E-state index < -0.39 is 17.4 Å². The lowest BCUT2D eigenvalue weighted by Gasteiger charge is -2.38. The number of fused-ring (bicyclic) bond motifs is 6. The molecule has 0 bridgehead atoms. The number of nitrogens with zero attached hydrogens (tertiary/aromatic N) is 1. The molecule has 0 unspecified atom stereocenters. The van der Waals surface area contributed by atoms with Crippen LogP contribution in [0.4, 0.5) is 10.1 Å². The standard InChI is InChI=1S/C27H23FN2O4/c1-27-23(15-6-4-3-5-7-15)20-14-34-22-13-17(33-2)9-11-19(22)24(20)30(27)25(31)18-10-8-16(28)12-21(18)29-26(27)32/h3-13,20,23-24H,14H2,1-2H3,(H,29,32)/t20-,23+,24+,27-/m1/s1. The van der Waals surface area contributed by atoms with Gasteiger partial charge in [0.05, 0.1) is 31.0 Å². The van der Waals surface area contributed by atoms with Gasteiger partial charge in [0.15, 0.2) is 0 Å². The van der Waals surface area contributed by atoms with Crippen LogP contribution in [0.25, 0.3) is 0 Å². The number of ether oxygens (including phenoxy) is 2. The van der Waals surface area contributed by atoms with E-state index in [1.54, 1.807) is 12.0 Å². The molecule has 0 spiro atoms. The van der Waals surface area contributed by atoms with Gasteiger partial charge in [-0.05, 0) is 42.8 Å². The molecule has 0 aromatic heterocycles. The van der Waals surface area contributed by atoms with Gasteiger partial charge in [-0.25, -0.2) is 4.39 Å². The largest absolute Gasteiger partial charge is 0.497 e. The minimum absolute atomic E-state index is 0.162. The average molecular weight is 458 g/mol. The topological polar surface area (TPSA) is 67.9 Å². The molecule has 3 aromatic rings. The van der Waals surface area contributed by atoms with E-state index >= 15 is 0 Å². The summed E-state index contributed by atoms with van der Waals surface area (Å²) < 4.78 is 25.6. The van der Waals surface area contributed by atoms with Crippen molar-refractivity contribution in [2.45, 2.75) is 24.4 Å². The summed E-state index contributed by atoms with van der Waals surface area (Å²) in [7, 11) is 1.59. The van der Waals surface area contributed by atoms with Gasteiger partial charge >= 0.3 is 0 Å². The molecule has 1 fully saturated rings. The van der Waals surface area contributed by atoms with Crippen LogP contribution in [0.2, 0.25) is 0 Å². The van der Waals surface area contributed by atoms with Crippen LogP contribution in [0.5, 0.6) is 11.5 Å². The second kappa shape index (κ2) is 7.32. The summed E-state index contributed by atoms with van der Waals surface area (Å²) in [4.78, 5) is 29.7. The van der Waals surface area contributed by atoms with Gasteiger partial charge in [-0.2, -0.15) is 0 Å². The number of anilines is 1. The van der Waals surface area contributed by atoms with Crippen LogP contribution >= 0.6 is 0 Å². The molecule has 3 aromatic carbocycles. The van der Waals surface area contributed by atoms with Crippen molar-refractivity contribution in [2.24, 2.45) is 5.92 Å². The fourth-order valence-corrected chi connectivity index (χ4v) is 5.99. The highest BCUT2D eigenvalue weighted by Crippen LogP contribution is 2.60. The van der Waals surface area contributed by atoms with E-state index in [9.17, 15) is 14.0 Å². The van der Waals surface area contributed by atoms with Gasteiger partial charge in [0, 0.05) is 23.5 Å². The van der Waals surface area contributed by atoms with E-state index in [0.29, 0.717) is 18.1 Å². The number of hydrogen-bond acceptors (Lipinski definition) is 4. The maximum absolute atomic E-state index is 14.1.